The summed E-state index contributed by atoms with van der Waals surface area (Å²) < 4.78 is 11.7. The Kier molecular flexibility index (Phi) is 5.26. The second kappa shape index (κ2) is 8.09. The van der Waals surface area contributed by atoms with Gasteiger partial charge in [0, 0.05) is 37.2 Å². The normalized spacial score (nSPS) is 26.3. The summed E-state index contributed by atoms with van der Waals surface area (Å²) in [5.41, 5.74) is 4.82. The Bertz CT molecular complexity index is 1150. The van der Waals surface area contributed by atoms with Crippen molar-refractivity contribution in [3.8, 4) is 0 Å². The number of para-hydroxylation sites is 1. The van der Waals surface area contributed by atoms with Crippen LogP contribution in [0, 0.1) is 13.8 Å². The standard InChI is InChI=1S/C26H29N3O4S/c1-18-7-8-20(15-19(18)2)29-23(30)16-34-26(29)21-5-3-4-6-22(21)28(24(26)31)17-27-11-9-25(10-12-27)32-13-14-33-25/h3-8,15H,9-14,16-17H2,1-2H3/t26-/m1/s1. The second-order valence-corrected chi connectivity index (χ2v) is 10.7. The van der Waals surface area contributed by atoms with E-state index >= 15 is 0 Å². The summed E-state index contributed by atoms with van der Waals surface area (Å²) in [6.45, 7) is 7.48. The van der Waals surface area contributed by atoms with Crippen LogP contribution in [0.25, 0.3) is 0 Å². The van der Waals surface area contributed by atoms with E-state index in [9.17, 15) is 9.59 Å². The largest absolute Gasteiger partial charge is 0.347 e. The van der Waals surface area contributed by atoms with Crippen LogP contribution in [0.15, 0.2) is 42.5 Å². The predicted molar refractivity (Wildman–Crippen MR) is 132 cm³/mol. The smallest absolute Gasteiger partial charge is 0.269 e. The third kappa shape index (κ3) is 3.23. The van der Waals surface area contributed by atoms with Crippen molar-refractivity contribution in [3.05, 3.63) is 59.2 Å². The van der Waals surface area contributed by atoms with Crippen LogP contribution in [0.2, 0.25) is 0 Å². The number of benzene rings is 2. The highest BCUT2D eigenvalue weighted by molar-refractivity contribution is 8.02. The topological polar surface area (TPSA) is 62.3 Å². The van der Waals surface area contributed by atoms with Gasteiger partial charge in [0.05, 0.1) is 31.3 Å². The number of likely N-dealkylation sites (tertiary alicyclic amines) is 1. The van der Waals surface area contributed by atoms with Crippen LogP contribution < -0.4 is 9.80 Å². The molecule has 4 heterocycles. The Hall–Kier alpha value is -2.39. The van der Waals surface area contributed by atoms with E-state index in [1.165, 1.54) is 11.8 Å². The molecule has 0 saturated carbocycles. The average Bonchev–Trinajstić information content (AvgIpc) is 3.51. The van der Waals surface area contributed by atoms with Gasteiger partial charge in [-0.1, -0.05) is 24.3 Å². The lowest BCUT2D eigenvalue weighted by molar-refractivity contribution is -0.185. The minimum Gasteiger partial charge on any atom is -0.347 e. The van der Waals surface area contributed by atoms with Crippen molar-refractivity contribution in [1.82, 2.24) is 4.90 Å². The first-order chi connectivity index (χ1) is 16.4. The third-order valence-electron chi connectivity index (χ3n) is 7.59. The second-order valence-electron chi connectivity index (χ2n) is 9.55. The Morgan fingerprint density at radius 3 is 2.44 bits per heavy atom. The van der Waals surface area contributed by atoms with Crippen molar-refractivity contribution < 1.29 is 19.1 Å². The summed E-state index contributed by atoms with van der Waals surface area (Å²) in [7, 11) is 0. The molecule has 4 aliphatic heterocycles. The van der Waals surface area contributed by atoms with E-state index < -0.39 is 10.7 Å². The zero-order chi connectivity index (χ0) is 23.5. The number of rotatable bonds is 3. The van der Waals surface area contributed by atoms with Crippen LogP contribution in [0.3, 0.4) is 0 Å². The van der Waals surface area contributed by atoms with E-state index in [1.54, 1.807) is 4.90 Å². The molecule has 2 aromatic carbocycles. The Morgan fingerprint density at radius 2 is 1.71 bits per heavy atom. The SMILES string of the molecule is Cc1ccc(N2C(=O)CS[C@]23C(=O)N(CN2CCC4(CC2)OCCO4)c2ccccc23)cc1C. The number of carbonyl (C=O) groups is 2. The number of anilines is 2. The lowest BCUT2D eigenvalue weighted by atomic mass is 10.0. The molecule has 8 heteroatoms. The van der Waals surface area contributed by atoms with Gasteiger partial charge in [-0.2, -0.15) is 0 Å². The molecule has 0 aliphatic carbocycles. The van der Waals surface area contributed by atoms with Gasteiger partial charge in [-0.25, -0.2) is 0 Å². The molecule has 3 saturated heterocycles. The lowest BCUT2D eigenvalue weighted by Gasteiger charge is -2.39. The zero-order valence-electron chi connectivity index (χ0n) is 19.6. The van der Waals surface area contributed by atoms with E-state index in [2.05, 4.69) is 11.8 Å². The predicted octanol–water partition coefficient (Wildman–Crippen LogP) is 3.38. The number of thioether (sulfide) groups is 1. The molecule has 178 valence electrons. The van der Waals surface area contributed by atoms with Gasteiger partial charge in [-0.05, 0) is 43.2 Å². The van der Waals surface area contributed by atoms with Gasteiger partial charge in [0.25, 0.3) is 5.91 Å². The fourth-order valence-corrected chi connectivity index (χ4v) is 6.94. The molecule has 0 unspecified atom stereocenters. The van der Waals surface area contributed by atoms with E-state index in [4.69, 9.17) is 9.47 Å². The van der Waals surface area contributed by atoms with Crippen LogP contribution in [0.4, 0.5) is 11.4 Å². The lowest BCUT2D eigenvalue weighted by Crippen LogP contribution is -2.53. The molecule has 7 nitrogen and oxygen atoms in total. The maximum absolute atomic E-state index is 14.2. The minimum absolute atomic E-state index is 0.0336. The van der Waals surface area contributed by atoms with Crippen LogP contribution in [0.5, 0.6) is 0 Å². The zero-order valence-corrected chi connectivity index (χ0v) is 20.4. The molecule has 2 amide bonds. The summed E-state index contributed by atoms with van der Waals surface area (Å²) in [5, 5.41) is 0. The molecule has 0 radical (unpaired) electrons. The summed E-state index contributed by atoms with van der Waals surface area (Å²) in [6.07, 6.45) is 1.59. The fraction of sp³-hybridized carbons (Fsp3) is 0.462. The molecule has 6 rings (SSSR count). The highest BCUT2D eigenvalue weighted by atomic mass is 32.2. The van der Waals surface area contributed by atoms with Crippen LogP contribution in [0.1, 0.15) is 29.5 Å². The number of amides is 2. The number of carbonyl (C=O) groups excluding carboxylic acids is 2. The third-order valence-corrected chi connectivity index (χ3v) is 8.97. The summed E-state index contributed by atoms with van der Waals surface area (Å²) >= 11 is 1.43. The van der Waals surface area contributed by atoms with Crippen LogP contribution >= 0.6 is 11.8 Å². The Morgan fingerprint density at radius 1 is 0.971 bits per heavy atom. The van der Waals surface area contributed by atoms with E-state index in [0.717, 1.165) is 54.0 Å². The van der Waals surface area contributed by atoms with Gasteiger partial charge < -0.3 is 9.47 Å². The summed E-state index contributed by atoms with van der Waals surface area (Å²) in [4.78, 5) is 32.3. The molecular formula is C26H29N3O4S. The molecule has 2 aromatic rings. The van der Waals surface area contributed by atoms with Gasteiger partial charge in [-0.3, -0.25) is 24.3 Å². The van der Waals surface area contributed by atoms with Crippen molar-refractivity contribution in [3.63, 3.8) is 0 Å². The molecule has 4 aliphatic rings. The number of aryl methyl sites for hydroxylation is 2. The molecule has 0 aromatic heterocycles. The van der Waals surface area contributed by atoms with Crippen LogP contribution in [-0.2, 0) is 23.9 Å². The maximum Gasteiger partial charge on any atom is 0.269 e. The molecule has 1 atom stereocenters. The van der Waals surface area contributed by atoms with Crippen molar-refractivity contribution in [2.24, 2.45) is 0 Å². The summed E-state index contributed by atoms with van der Waals surface area (Å²) in [6, 6.07) is 13.9. The quantitative estimate of drug-likeness (QED) is 0.673. The Balaban J connectivity index is 1.34. The number of hydrogen-bond donors (Lipinski definition) is 0. The number of hydrogen-bond acceptors (Lipinski definition) is 6. The van der Waals surface area contributed by atoms with E-state index in [0.29, 0.717) is 19.9 Å². The van der Waals surface area contributed by atoms with Gasteiger partial charge >= 0.3 is 0 Å². The first kappa shape index (κ1) is 22.1. The first-order valence-corrected chi connectivity index (χ1v) is 12.9. The average molecular weight is 480 g/mol. The fourth-order valence-electron chi connectivity index (χ4n) is 5.58. The molecular weight excluding hydrogens is 450 g/mol. The van der Waals surface area contributed by atoms with Gasteiger partial charge in [0.1, 0.15) is 0 Å². The van der Waals surface area contributed by atoms with Gasteiger partial charge in [-0.15, -0.1) is 11.8 Å². The number of fused-ring (bicyclic) bond motifs is 2. The minimum atomic E-state index is -1.07. The summed E-state index contributed by atoms with van der Waals surface area (Å²) in [5.74, 6) is -0.245. The number of ether oxygens (including phenoxy) is 2. The molecule has 0 N–H and O–H groups in total. The monoisotopic (exact) mass is 479 g/mol. The van der Waals surface area contributed by atoms with Gasteiger partial charge in [0.15, 0.2) is 5.79 Å². The molecule has 3 fully saturated rings. The van der Waals surface area contributed by atoms with Crippen molar-refractivity contribution >= 4 is 35.0 Å². The first-order valence-electron chi connectivity index (χ1n) is 11.9. The number of piperidine rings is 1. The van der Waals surface area contributed by atoms with E-state index in [1.807, 2.05) is 54.3 Å². The maximum atomic E-state index is 14.2. The molecule has 2 spiro atoms. The highest BCUT2D eigenvalue weighted by Gasteiger charge is 2.61. The van der Waals surface area contributed by atoms with Crippen LogP contribution in [-0.4, -0.2) is 61.2 Å². The van der Waals surface area contributed by atoms with E-state index in [-0.39, 0.29) is 17.6 Å². The van der Waals surface area contributed by atoms with Crippen molar-refractivity contribution in [1.29, 1.82) is 0 Å². The molecule has 0 bridgehead atoms. The Labute approximate surface area is 204 Å². The highest BCUT2D eigenvalue weighted by Crippen LogP contribution is 2.55. The number of nitrogens with zero attached hydrogens (tertiary/aromatic N) is 3. The molecule has 34 heavy (non-hydrogen) atoms. The van der Waals surface area contributed by atoms with Gasteiger partial charge in [0.2, 0.25) is 10.8 Å². The van der Waals surface area contributed by atoms with Crippen molar-refractivity contribution in [2.45, 2.75) is 37.3 Å². The van der Waals surface area contributed by atoms with Crippen molar-refractivity contribution in [2.75, 3.05) is 48.5 Å².